The maximum atomic E-state index is 12.3. The van der Waals surface area contributed by atoms with Gasteiger partial charge in [-0.2, -0.15) is 0 Å². The zero-order valence-electron chi connectivity index (χ0n) is 11.6. The molecule has 0 bridgehead atoms. The summed E-state index contributed by atoms with van der Waals surface area (Å²) >= 11 is 3.22. The molecule has 0 unspecified atom stereocenters. The molecule has 4 nitrogen and oxygen atoms in total. The second-order valence-corrected chi connectivity index (χ2v) is 7.70. The van der Waals surface area contributed by atoms with Crippen LogP contribution in [0.15, 0.2) is 21.5 Å². The quantitative estimate of drug-likeness (QED) is 0.748. The van der Waals surface area contributed by atoms with E-state index in [2.05, 4.69) is 22.9 Å². The number of aromatic carboxylic acids is 1. The Labute approximate surface area is 128 Å². The van der Waals surface area contributed by atoms with Gasteiger partial charge in [0.25, 0.3) is 0 Å². The van der Waals surface area contributed by atoms with E-state index in [0.29, 0.717) is 16.5 Å². The van der Waals surface area contributed by atoms with E-state index in [9.17, 15) is 13.2 Å². The van der Waals surface area contributed by atoms with Gasteiger partial charge in [-0.15, -0.1) is 0 Å². The van der Waals surface area contributed by atoms with Gasteiger partial charge in [-0.1, -0.05) is 42.1 Å². The Bertz CT molecular complexity index is 593. The largest absolute Gasteiger partial charge is 0.478 e. The zero-order chi connectivity index (χ0) is 15.3. The van der Waals surface area contributed by atoms with Crippen molar-refractivity contribution in [3.05, 3.63) is 27.7 Å². The van der Waals surface area contributed by atoms with Gasteiger partial charge in [0, 0.05) is 4.47 Å². The summed E-state index contributed by atoms with van der Waals surface area (Å²) < 4.78 is 25.2. The van der Waals surface area contributed by atoms with Gasteiger partial charge in [0.15, 0.2) is 9.84 Å². The summed E-state index contributed by atoms with van der Waals surface area (Å²) in [5.74, 6) is -1.07. The highest BCUT2D eigenvalue weighted by Gasteiger charge is 2.20. The van der Waals surface area contributed by atoms with Crippen LogP contribution in [0.5, 0.6) is 0 Å². The maximum absolute atomic E-state index is 12.3. The summed E-state index contributed by atoms with van der Waals surface area (Å²) in [6.07, 6.45) is 3.52. The van der Waals surface area contributed by atoms with Crippen LogP contribution in [-0.2, 0) is 9.84 Å². The molecule has 0 aliphatic rings. The number of halogens is 1. The molecule has 0 aliphatic carbocycles. The van der Waals surface area contributed by atoms with Crippen LogP contribution in [0.4, 0.5) is 0 Å². The lowest BCUT2D eigenvalue weighted by Crippen LogP contribution is -2.11. The summed E-state index contributed by atoms with van der Waals surface area (Å²) in [6.45, 7) is 3.74. The molecule has 0 saturated heterocycles. The van der Waals surface area contributed by atoms with Crippen molar-refractivity contribution in [2.75, 3.05) is 5.75 Å². The summed E-state index contributed by atoms with van der Waals surface area (Å²) in [5.41, 5.74) is 0.542. The molecule has 0 saturated carbocycles. The van der Waals surface area contributed by atoms with E-state index in [0.717, 1.165) is 19.3 Å². The number of unbranched alkanes of at least 4 members (excludes halogenated alkanes) is 3. The summed E-state index contributed by atoms with van der Waals surface area (Å²) in [7, 11) is -3.44. The van der Waals surface area contributed by atoms with Crippen LogP contribution >= 0.6 is 15.9 Å². The van der Waals surface area contributed by atoms with Gasteiger partial charge in [0.1, 0.15) is 0 Å². The molecule has 112 valence electrons. The van der Waals surface area contributed by atoms with E-state index in [-0.39, 0.29) is 16.2 Å². The number of hydrogen-bond acceptors (Lipinski definition) is 3. The van der Waals surface area contributed by atoms with E-state index in [1.54, 1.807) is 6.92 Å². The molecular weight excluding hydrogens is 344 g/mol. The smallest absolute Gasteiger partial charge is 0.335 e. The van der Waals surface area contributed by atoms with Crippen molar-refractivity contribution in [3.8, 4) is 0 Å². The first-order valence-electron chi connectivity index (χ1n) is 6.55. The van der Waals surface area contributed by atoms with Gasteiger partial charge in [-0.25, -0.2) is 13.2 Å². The van der Waals surface area contributed by atoms with Crippen LogP contribution in [0.25, 0.3) is 0 Å². The first kappa shape index (κ1) is 17.2. The number of carboxylic acids is 1. The second-order valence-electron chi connectivity index (χ2n) is 4.77. The molecule has 0 aliphatic heterocycles. The minimum atomic E-state index is -3.44. The lowest BCUT2D eigenvalue weighted by Gasteiger charge is -2.10. The number of benzene rings is 1. The number of carbonyl (C=O) groups is 1. The Balaban J connectivity index is 3.07. The Morgan fingerprint density at radius 1 is 1.25 bits per heavy atom. The van der Waals surface area contributed by atoms with Gasteiger partial charge >= 0.3 is 5.97 Å². The number of sulfone groups is 1. The van der Waals surface area contributed by atoms with Crippen molar-refractivity contribution in [1.82, 2.24) is 0 Å². The summed E-state index contributed by atoms with van der Waals surface area (Å²) in [6, 6.07) is 2.67. The lowest BCUT2D eigenvalue weighted by atomic mass is 10.1. The highest BCUT2D eigenvalue weighted by atomic mass is 79.9. The molecule has 1 N–H and O–H groups in total. The molecular formula is C14H19BrO4S. The fraction of sp³-hybridized carbons (Fsp3) is 0.500. The second kappa shape index (κ2) is 7.22. The Morgan fingerprint density at radius 2 is 1.90 bits per heavy atom. The van der Waals surface area contributed by atoms with Crippen LogP contribution in [0.3, 0.4) is 0 Å². The van der Waals surface area contributed by atoms with Gasteiger partial charge in [-0.05, 0) is 31.0 Å². The number of rotatable bonds is 7. The molecule has 1 rings (SSSR count). The molecule has 0 fully saturated rings. The minimum Gasteiger partial charge on any atom is -0.478 e. The topological polar surface area (TPSA) is 71.4 Å². The van der Waals surface area contributed by atoms with Gasteiger partial charge in [0.05, 0.1) is 16.2 Å². The number of hydrogen-bond donors (Lipinski definition) is 1. The van der Waals surface area contributed by atoms with Crippen LogP contribution in [0, 0.1) is 6.92 Å². The summed E-state index contributed by atoms with van der Waals surface area (Å²) in [4.78, 5) is 11.1. The third-order valence-electron chi connectivity index (χ3n) is 3.15. The van der Waals surface area contributed by atoms with Crippen LogP contribution < -0.4 is 0 Å². The van der Waals surface area contributed by atoms with E-state index in [1.807, 2.05) is 0 Å². The molecule has 0 heterocycles. The first-order chi connectivity index (χ1) is 9.29. The van der Waals surface area contributed by atoms with Crippen molar-refractivity contribution in [2.45, 2.75) is 44.4 Å². The molecule has 0 radical (unpaired) electrons. The molecule has 1 aromatic carbocycles. The van der Waals surface area contributed by atoms with Crippen molar-refractivity contribution in [1.29, 1.82) is 0 Å². The molecule has 1 aromatic rings. The van der Waals surface area contributed by atoms with E-state index in [1.165, 1.54) is 12.1 Å². The number of carboxylic acid groups (broad SMARTS) is 1. The van der Waals surface area contributed by atoms with Gasteiger partial charge < -0.3 is 5.11 Å². The zero-order valence-corrected chi connectivity index (χ0v) is 14.1. The predicted molar refractivity (Wildman–Crippen MR) is 82.0 cm³/mol. The monoisotopic (exact) mass is 362 g/mol. The van der Waals surface area contributed by atoms with Crippen molar-refractivity contribution in [3.63, 3.8) is 0 Å². The van der Waals surface area contributed by atoms with E-state index >= 15 is 0 Å². The molecule has 0 amide bonds. The average molecular weight is 363 g/mol. The van der Waals surface area contributed by atoms with Crippen LogP contribution in [-0.4, -0.2) is 25.2 Å². The van der Waals surface area contributed by atoms with Gasteiger partial charge in [-0.3, -0.25) is 0 Å². The molecule has 0 spiro atoms. The van der Waals surface area contributed by atoms with E-state index < -0.39 is 15.8 Å². The third kappa shape index (κ3) is 4.31. The Morgan fingerprint density at radius 3 is 2.45 bits per heavy atom. The summed E-state index contributed by atoms with van der Waals surface area (Å²) in [5, 5.41) is 9.02. The van der Waals surface area contributed by atoms with Gasteiger partial charge in [0.2, 0.25) is 0 Å². The Hall–Kier alpha value is -0.880. The molecule has 6 heteroatoms. The maximum Gasteiger partial charge on any atom is 0.335 e. The standard InChI is InChI=1S/C14H19BrO4S/c1-3-4-5-6-7-20(18,19)13-9-11(14(16)17)8-12(15)10(13)2/h8-9H,3-7H2,1-2H3,(H,16,17). The Kier molecular flexibility index (Phi) is 6.20. The molecule has 0 aromatic heterocycles. The van der Waals surface area contributed by atoms with E-state index in [4.69, 9.17) is 5.11 Å². The van der Waals surface area contributed by atoms with Crippen LogP contribution in [0.2, 0.25) is 0 Å². The SMILES string of the molecule is CCCCCCS(=O)(=O)c1cc(C(=O)O)cc(Br)c1C. The van der Waals surface area contributed by atoms with Crippen molar-refractivity contribution in [2.24, 2.45) is 0 Å². The van der Waals surface area contributed by atoms with Crippen molar-refractivity contribution < 1.29 is 18.3 Å². The van der Waals surface area contributed by atoms with Crippen molar-refractivity contribution >= 4 is 31.7 Å². The lowest BCUT2D eigenvalue weighted by molar-refractivity contribution is 0.0696. The normalized spacial score (nSPS) is 11.6. The highest BCUT2D eigenvalue weighted by molar-refractivity contribution is 9.10. The fourth-order valence-corrected chi connectivity index (χ4v) is 4.21. The third-order valence-corrected chi connectivity index (χ3v) is 5.89. The minimum absolute atomic E-state index is 0.0189. The highest BCUT2D eigenvalue weighted by Crippen LogP contribution is 2.27. The predicted octanol–water partition coefficient (Wildman–Crippen LogP) is 3.81. The molecule has 0 atom stereocenters. The first-order valence-corrected chi connectivity index (χ1v) is 9.00. The molecule has 20 heavy (non-hydrogen) atoms. The average Bonchev–Trinajstić information content (AvgIpc) is 2.37. The van der Waals surface area contributed by atoms with Crippen LogP contribution in [0.1, 0.15) is 48.5 Å². The fourth-order valence-electron chi connectivity index (χ4n) is 1.93.